The van der Waals surface area contributed by atoms with Gasteiger partial charge >= 0.3 is 0 Å². The number of pyridine rings is 2. The molecule has 5 heterocycles. The van der Waals surface area contributed by atoms with E-state index in [4.69, 9.17) is 9.72 Å². The highest BCUT2D eigenvalue weighted by Gasteiger charge is 2.23. The van der Waals surface area contributed by atoms with Gasteiger partial charge in [0.05, 0.1) is 16.2 Å². The molecule has 1 aliphatic rings. The second-order valence-electron chi connectivity index (χ2n) is 9.29. The number of likely N-dealkylation sites (tertiary alicyclic amines) is 1. The molecule has 1 amide bonds. The second kappa shape index (κ2) is 10.9. The number of carbonyl (C=O) groups excluding carboxylic acids is 1. The Morgan fingerprint density at radius 1 is 1.15 bits per heavy atom. The van der Waals surface area contributed by atoms with Crippen LogP contribution in [0.2, 0.25) is 0 Å². The fourth-order valence-electron chi connectivity index (χ4n) is 4.56. The molecule has 6 rings (SSSR count). The number of amides is 1. The van der Waals surface area contributed by atoms with Gasteiger partial charge in [-0.2, -0.15) is 5.10 Å². The van der Waals surface area contributed by atoms with Crippen molar-refractivity contribution in [3.8, 4) is 11.5 Å². The van der Waals surface area contributed by atoms with Crippen LogP contribution < -0.4 is 10.1 Å². The number of halogens is 1. The lowest BCUT2D eigenvalue weighted by Gasteiger charge is -2.30. The van der Waals surface area contributed by atoms with E-state index in [0.29, 0.717) is 57.9 Å². The van der Waals surface area contributed by atoms with Crippen LogP contribution in [-0.4, -0.2) is 58.7 Å². The summed E-state index contributed by atoms with van der Waals surface area (Å²) in [7, 11) is 0. The van der Waals surface area contributed by atoms with Gasteiger partial charge in [0.2, 0.25) is 5.91 Å². The van der Waals surface area contributed by atoms with Crippen LogP contribution in [0, 0.1) is 12.7 Å². The van der Waals surface area contributed by atoms with Gasteiger partial charge in [-0.05, 0) is 56.2 Å². The van der Waals surface area contributed by atoms with Gasteiger partial charge in [0.15, 0.2) is 17.3 Å². The molecule has 40 heavy (non-hydrogen) atoms. The van der Waals surface area contributed by atoms with Gasteiger partial charge in [-0.15, -0.1) is 11.8 Å². The maximum absolute atomic E-state index is 15.5. The maximum Gasteiger partial charge on any atom is 0.245 e. The molecule has 0 atom stereocenters. The number of piperidine rings is 1. The third-order valence-corrected chi connectivity index (χ3v) is 8.02. The second-order valence-corrected chi connectivity index (χ2v) is 10.6. The van der Waals surface area contributed by atoms with E-state index in [1.54, 1.807) is 53.7 Å². The van der Waals surface area contributed by atoms with E-state index < -0.39 is 5.82 Å². The molecule has 202 valence electrons. The first-order chi connectivity index (χ1) is 19.5. The number of fused-ring (bicyclic) bond motifs is 2. The van der Waals surface area contributed by atoms with Gasteiger partial charge in [0.25, 0.3) is 0 Å². The number of hydrogen-bond acceptors (Lipinski definition) is 9. The van der Waals surface area contributed by atoms with Crippen LogP contribution >= 0.6 is 11.8 Å². The van der Waals surface area contributed by atoms with Gasteiger partial charge in [0.1, 0.15) is 29.7 Å². The SMILES string of the molecule is C=CC(=O)N1CCC(Sc2ccc3ncnc(Nc4ccc(Oc5ccn6ncnc6c5)c(C)c4F)c3n2)CC1. The Hall–Kier alpha value is -4.58. The average Bonchev–Trinajstić information content (AvgIpc) is 3.45. The van der Waals surface area contributed by atoms with Gasteiger partial charge in [-0.3, -0.25) is 4.79 Å². The molecule has 0 aliphatic carbocycles. The molecule has 1 aromatic carbocycles. The van der Waals surface area contributed by atoms with E-state index in [-0.39, 0.29) is 11.6 Å². The summed E-state index contributed by atoms with van der Waals surface area (Å²) in [5, 5.41) is 8.32. The van der Waals surface area contributed by atoms with Crippen molar-refractivity contribution in [1.82, 2.24) is 34.4 Å². The number of thioether (sulfide) groups is 1. The normalized spacial score (nSPS) is 14.0. The first-order valence-electron chi connectivity index (χ1n) is 12.7. The summed E-state index contributed by atoms with van der Waals surface area (Å²) in [4.78, 5) is 31.3. The van der Waals surface area contributed by atoms with Crippen LogP contribution in [0.3, 0.4) is 0 Å². The summed E-state index contributed by atoms with van der Waals surface area (Å²) in [6.45, 7) is 6.61. The van der Waals surface area contributed by atoms with Crippen molar-refractivity contribution in [2.24, 2.45) is 0 Å². The Morgan fingerprint density at radius 2 is 2.00 bits per heavy atom. The van der Waals surface area contributed by atoms with Crippen molar-refractivity contribution in [2.75, 3.05) is 18.4 Å². The van der Waals surface area contributed by atoms with Gasteiger partial charge < -0.3 is 15.0 Å². The summed E-state index contributed by atoms with van der Waals surface area (Å²) < 4.78 is 23.0. The predicted molar refractivity (Wildman–Crippen MR) is 150 cm³/mol. The summed E-state index contributed by atoms with van der Waals surface area (Å²) in [6.07, 6.45) is 7.70. The number of benzene rings is 1. The monoisotopic (exact) mass is 556 g/mol. The quantitative estimate of drug-likeness (QED) is 0.266. The topological polar surface area (TPSA) is 110 Å². The zero-order chi connectivity index (χ0) is 27.6. The van der Waals surface area contributed by atoms with Crippen molar-refractivity contribution in [3.63, 3.8) is 0 Å². The third kappa shape index (κ3) is 5.17. The molecule has 0 spiro atoms. The van der Waals surface area contributed by atoms with E-state index in [1.807, 2.05) is 17.0 Å². The lowest BCUT2D eigenvalue weighted by Crippen LogP contribution is -2.38. The fraction of sp³-hybridized carbons (Fsp3) is 0.214. The molecule has 5 aromatic rings. The summed E-state index contributed by atoms with van der Waals surface area (Å²) in [5.41, 5.74) is 2.41. The fourth-order valence-corrected chi connectivity index (χ4v) is 5.64. The molecule has 1 fully saturated rings. The zero-order valence-electron chi connectivity index (χ0n) is 21.6. The van der Waals surface area contributed by atoms with Gasteiger partial charge in [0, 0.05) is 36.2 Å². The summed E-state index contributed by atoms with van der Waals surface area (Å²) in [6, 6.07) is 10.6. The molecular formula is C28H25FN8O2S. The Kier molecular flexibility index (Phi) is 6.99. The molecule has 4 aromatic heterocycles. The Morgan fingerprint density at radius 3 is 2.83 bits per heavy atom. The van der Waals surface area contributed by atoms with E-state index in [1.165, 1.54) is 18.7 Å². The Balaban J connectivity index is 1.20. The van der Waals surface area contributed by atoms with Crippen LogP contribution in [0.25, 0.3) is 16.7 Å². The number of ether oxygens (including phenoxy) is 1. The van der Waals surface area contributed by atoms with E-state index in [9.17, 15) is 4.79 Å². The molecule has 1 N–H and O–H groups in total. The highest BCUT2D eigenvalue weighted by molar-refractivity contribution is 7.99. The Bertz CT molecular complexity index is 1730. The van der Waals surface area contributed by atoms with Crippen molar-refractivity contribution < 1.29 is 13.9 Å². The van der Waals surface area contributed by atoms with Crippen molar-refractivity contribution in [2.45, 2.75) is 30.0 Å². The number of hydrogen-bond donors (Lipinski definition) is 1. The average molecular weight is 557 g/mol. The zero-order valence-corrected chi connectivity index (χ0v) is 22.4. The van der Waals surface area contributed by atoms with Crippen LogP contribution in [0.1, 0.15) is 18.4 Å². The van der Waals surface area contributed by atoms with Crippen LogP contribution in [0.4, 0.5) is 15.9 Å². The minimum absolute atomic E-state index is 0.0319. The highest BCUT2D eigenvalue weighted by atomic mass is 32.2. The van der Waals surface area contributed by atoms with Gasteiger partial charge in [-0.1, -0.05) is 6.58 Å². The molecular weight excluding hydrogens is 531 g/mol. The molecule has 0 saturated carbocycles. The minimum Gasteiger partial charge on any atom is -0.457 e. The molecule has 0 bridgehead atoms. The molecule has 10 nitrogen and oxygen atoms in total. The van der Waals surface area contributed by atoms with E-state index in [2.05, 4.69) is 31.9 Å². The highest BCUT2D eigenvalue weighted by Crippen LogP contribution is 2.34. The lowest BCUT2D eigenvalue weighted by molar-refractivity contribution is -0.126. The van der Waals surface area contributed by atoms with Crippen molar-refractivity contribution in [1.29, 1.82) is 0 Å². The number of nitrogens with zero attached hydrogens (tertiary/aromatic N) is 7. The number of carbonyl (C=O) groups is 1. The first-order valence-corrected chi connectivity index (χ1v) is 13.6. The first kappa shape index (κ1) is 25.7. The molecule has 1 aliphatic heterocycles. The molecule has 12 heteroatoms. The smallest absolute Gasteiger partial charge is 0.245 e. The third-order valence-electron chi connectivity index (χ3n) is 6.74. The van der Waals surface area contributed by atoms with E-state index in [0.717, 1.165) is 17.9 Å². The molecule has 0 unspecified atom stereocenters. The Labute approximate surface area is 233 Å². The number of nitrogens with one attached hydrogen (secondary N) is 1. The number of rotatable bonds is 7. The van der Waals surface area contributed by atoms with Crippen molar-refractivity contribution >= 4 is 45.9 Å². The number of anilines is 2. The number of aromatic nitrogens is 6. The summed E-state index contributed by atoms with van der Waals surface area (Å²) in [5.74, 6) is 0.827. The van der Waals surface area contributed by atoms with Crippen LogP contribution in [0.5, 0.6) is 11.5 Å². The van der Waals surface area contributed by atoms with Crippen molar-refractivity contribution in [3.05, 3.63) is 79.3 Å². The van der Waals surface area contributed by atoms with Gasteiger partial charge in [-0.25, -0.2) is 28.8 Å². The maximum atomic E-state index is 15.5. The van der Waals surface area contributed by atoms with Crippen LogP contribution in [0.15, 0.2) is 72.9 Å². The largest absolute Gasteiger partial charge is 0.457 e. The minimum atomic E-state index is -0.459. The summed E-state index contributed by atoms with van der Waals surface area (Å²) >= 11 is 1.67. The van der Waals surface area contributed by atoms with E-state index >= 15 is 4.39 Å². The standard InChI is InChI=1S/C28H25FN8O2S/c1-3-25(38)36-11-9-19(10-12-36)40-24-7-5-21-27(35-24)28(32-15-30-21)34-20-4-6-22(17(2)26(20)29)39-18-8-13-37-23(14-18)31-16-33-37/h3-8,13-16,19H,1,9-12H2,2H3,(H,30,32,34). The molecule has 0 radical (unpaired) electrons. The lowest BCUT2D eigenvalue weighted by atomic mass is 10.1. The van der Waals surface area contributed by atoms with Crippen LogP contribution in [-0.2, 0) is 4.79 Å². The molecule has 1 saturated heterocycles. The predicted octanol–water partition coefficient (Wildman–Crippen LogP) is 5.32.